The Bertz CT molecular complexity index is 718. The number of aliphatic hydroxyl groups is 1. The number of aliphatic hydroxyl groups excluding tert-OH is 1. The molecule has 2 fully saturated rings. The van der Waals surface area contributed by atoms with Gasteiger partial charge in [-0.25, -0.2) is 0 Å². The van der Waals surface area contributed by atoms with Gasteiger partial charge in [0.15, 0.2) is 0 Å². The van der Waals surface area contributed by atoms with Gasteiger partial charge in [0.25, 0.3) is 0 Å². The maximum Gasteiger partial charge on any atom is 0.220 e. The van der Waals surface area contributed by atoms with Crippen LogP contribution in [0.3, 0.4) is 0 Å². The second-order valence-electron chi connectivity index (χ2n) is 9.34. The summed E-state index contributed by atoms with van der Waals surface area (Å²) in [4.78, 5) is 12.2. The number of aromatic hydroxyl groups is 1. The summed E-state index contributed by atoms with van der Waals surface area (Å²) >= 11 is 0. The number of aryl methyl sites for hydroxylation is 1. The van der Waals surface area contributed by atoms with Crippen LogP contribution in [0.5, 0.6) is 5.75 Å². The van der Waals surface area contributed by atoms with E-state index >= 15 is 0 Å². The van der Waals surface area contributed by atoms with Crippen molar-refractivity contribution in [1.82, 2.24) is 5.32 Å². The van der Waals surface area contributed by atoms with Gasteiger partial charge in [-0.2, -0.15) is 0 Å². The molecule has 148 valence electrons. The third-order valence-electron chi connectivity index (χ3n) is 7.85. The third-order valence-corrected chi connectivity index (χ3v) is 7.85. The first-order valence-corrected chi connectivity index (χ1v) is 10.7. The number of amides is 1. The molecular formula is C23H33NO3. The summed E-state index contributed by atoms with van der Waals surface area (Å²) in [5, 5.41) is 23.9. The molecule has 6 atom stereocenters. The minimum Gasteiger partial charge on any atom is -0.508 e. The molecule has 0 aliphatic heterocycles. The lowest BCUT2D eigenvalue weighted by Gasteiger charge is -2.50. The van der Waals surface area contributed by atoms with Crippen molar-refractivity contribution in [3.63, 3.8) is 0 Å². The van der Waals surface area contributed by atoms with Gasteiger partial charge in [0.1, 0.15) is 5.75 Å². The number of hydrogen-bond donors (Lipinski definition) is 3. The summed E-state index contributed by atoms with van der Waals surface area (Å²) in [6.07, 6.45) is 6.24. The van der Waals surface area contributed by atoms with E-state index in [0.29, 0.717) is 29.9 Å². The van der Waals surface area contributed by atoms with Gasteiger partial charge in [0.2, 0.25) is 5.91 Å². The van der Waals surface area contributed by atoms with Gasteiger partial charge in [-0.05, 0) is 90.9 Å². The lowest BCUT2D eigenvalue weighted by atomic mass is 9.55. The predicted molar refractivity (Wildman–Crippen MR) is 106 cm³/mol. The fraction of sp³-hybridized carbons (Fsp3) is 0.696. The largest absolute Gasteiger partial charge is 0.508 e. The average molecular weight is 372 g/mol. The second-order valence-corrected chi connectivity index (χ2v) is 9.34. The number of carbonyl (C=O) groups is 1. The molecule has 3 aliphatic rings. The molecule has 4 nitrogen and oxygen atoms in total. The maximum absolute atomic E-state index is 12.2. The predicted octanol–water partition coefficient (Wildman–Crippen LogP) is 3.75. The van der Waals surface area contributed by atoms with E-state index in [2.05, 4.69) is 25.2 Å². The molecule has 2 saturated carbocycles. The Hall–Kier alpha value is -1.55. The van der Waals surface area contributed by atoms with E-state index in [4.69, 9.17) is 0 Å². The molecule has 1 aromatic carbocycles. The molecule has 3 N–H and O–H groups in total. The molecular weight excluding hydrogens is 338 g/mol. The molecule has 1 amide bonds. The number of nitrogens with one attached hydrogen (secondary N) is 1. The van der Waals surface area contributed by atoms with Gasteiger partial charge >= 0.3 is 0 Å². The van der Waals surface area contributed by atoms with E-state index in [9.17, 15) is 15.0 Å². The van der Waals surface area contributed by atoms with E-state index in [1.54, 1.807) is 0 Å². The minimum absolute atomic E-state index is 0.0642. The molecule has 4 rings (SSSR count). The zero-order chi connectivity index (χ0) is 19.2. The second kappa shape index (κ2) is 7.12. The van der Waals surface area contributed by atoms with Crippen molar-refractivity contribution in [2.45, 2.75) is 70.8 Å². The SMILES string of the molecule is CCCNC(=O)CC1CC2C3CCc4cc(O)ccc4C3CC[C@]2(C)[C@H]1O. The quantitative estimate of drug-likeness (QED) is 0.755. The van der Waals surface area contributed by atoms with Gasteiger partial charge < -0.3 is 15.5 Å². The van der Waals surface area contributed by atoms with Crippen LogP contribution in [-0.4, -0.2) is 28.8 Å². The Labute approximate surface area is 162 Å². The number of rotatable bonds is 4. The number of phenolic OH excluding ortho intramolecular Hbond substituents is 1. The topological polar surface area (TPSA) is 69.6 Å². The summed E-state index contributed by atoms with van der Waals surface area (Å²) in [6.45, 7) is 5.03. The molecule has 0 spiro atoms. The van der Waals surface area contributed by atoms with Gasteiger partial charge in [0.05, 0.1) is 6.10 Å². The van der Waals surface area contributed by atoms with Gasteiger partial charge in [-0.1, -0.05) is 19.9 Å². The van der Waals surface area contributed by atoms with Crippen LogP contribution in [0.1, 0.15) is 69.4 Å². The molecule has 1 aromatic rings. The highest BCUT2D eigenvalue weighted by Crippen LogP contribution is 2.62. The number of fused-ring (bicyclic) bond motifs is 5. The first-order valence-electron chi connectivity index (χ1n) is 10.7. The fourth-order valence-electron chi connectivity index (χ4n) is 6.49. The van der Waals surface area contributed by atoms with Crippen molar-refractivity contribution in [2.24, 2.45) is 23.2 Å². The standard InChI is InChI=1S/C23H33NO3/c1-3-10-24-21(26)13-15-12-20-19-6-4-14-11-16(25)5-7-17(14)18(19)8-9-23(20,2)22(15)27/h5,7,11,15,18-20,22,25,27H,3-4,6,8-10,12-13H2,1-2H3,(H,24,26)/t15?,18?,19?,20?,22-,23-/m0/s1. The maximum atomic E-state index is 12.2. The Kier molecular flexibility index (Phi) is 4.96. The zero-order valence-corrected chi connectivity index (χ0v) is 16.6. The van der Waals surface area contributed by atoms with Gasteiger partial charge in [-0.3, -0.25) is 4.79 Å². The van der Waals surface area contributed by atoms with Crippen molar-refractivity contribution >= 4 is 5.91 Å². The third kappa shape index (κ3) is 3.16. The molecule has 4 unspecified atom stereocenters. The van der Waals surface area contributed by atoms with Crippen LogP contribution in [0, 0.1) is 23.2 Å². The highest BCUT2D eigenvalue weighted by Gasteiger charge is 2.57. The lowest BCUT2D eigenvalue weighted by Crippen LogP contribution is -2.44. The van der Waals surface area contributed by atoms with Crippen LogP contribution in [-0.2, 0) is 11.2 Å². The van der Waals surface area contributed by atoms with Gasteiger partial charge in [-0.15, -0.1) is 0 Å². The first-order chi connectivity index (χ1) is 12.9. The normalized spacial score (nSPS) is 37.2. The van der Waals surface area contributed by atoms with Crippen molar-refractivity contribution in [2.75, 3.05) is 6.54 Å². The number of hydrogen-bond acceptors (Lipinski definition) is 3. The van der Waals surface area contributed by atoms with E-state index in [1.165, 1.54) is 11.1 Å². The Morgan fingerprint density at radius 2 is 2.15 bits per heavy atom. The van der Waals surface area contributed by atoms with Crippen molar-refractivity contribution in [3.8, 4) is 5.75 Å². The van der Waals surface area contributed by atoms with Crippen LogP contribution in [0.25, 0.3) is 0 Å². The number of benzene rings is 1. The molecule has 0 aromatic heterocycles. The smallest absolute Gasteiger partial charge is 0.220 e. The highest BCUT2D eigenvalue weighted by molar-refractivity contribution is 5.76. The molecule has 0 radical (unpaired) electrons. The number of phenols is 1. The van der Waals surface area contributed by atoms with Crippen LogP contribution < -0.4 is 5.32 Å². The zero-order valence-electron chi connectivity index (χ0n) is 16.6. The van der Waals surface area contributed by atoms with Crippen LogP contribution in [0.2, 0.25) is 0 Å². The monoisotopic (exact) mass is 371 g/mol. The molecule has 0 bridgehead atoms. The number of carbonyl (C=O) groups excluding carboxylic acids is 1. The van der Waals surface area contributed by atoms with Gasteiger partial charge in [0, 0.05) is 13.0 Å². The lowest BCUT2D eigenvalue weighted by molar-refractivity contribution is -0.123. The molecule has 3 aliphatic carbocycles. The highest BCUT2D eigenvalue weighted by atomic mass is 16.3. The Morgan fingerprint density at radius 1 is 1.33 bits per heavy atom. The Morgan fingerprint density at radius 3 is 2.93 bits per heavy atom. The van der Waals surface area contributed by atoms with E-state index < -0.39 is 0 Å². The molecule has 0 saturated heterocycles. The van der Waals surface area contributed by atoms with Crippen LogP contribution in [0.4, 0.5) is 0 Å². The molecule has 27 heavy (non-hydrogen) atoms. The summed E-state index contributed by atoms with van der Waals surface area (Å²) in [6, 6.07) is 5.87. The van der Waals surface area contributed by atoms with E-state index in [1.807, 2.05) is 12.1 Å². The van der Waals surface area contributed by atoms with E-state index in [0.717, 1.165) is 45.1 Å². The van der Waals surface area contributed by atoms with Crippen LogP contribution in [0.15, 0.2) is 18.2 Å². The summed E-state index contributed by atoms with van der Waals surface area (Å²) < 4.78 is 0. The summed E-state index contributed by atoms with van der Waals surface area (Å²) in [5.41, 5.74) is 2.64. The fourth-order valence-corrected chi connectivity index (χ4v) is 6.49. The van der Waals surface area contributed by atoms with Crippen molar-refractivity contribution in [1.29, 1.82) is 0 Å². The average Bonchev–Trinajstić information content (AvgIpc) is 2.90. The molecule has 0 heterocycles. The van der Waals surface area contributed by atoms with E-state index in [-0.39, 0.29) is 23.3 Å². The molecule has 4 heteroatoms. The van der Waals surface area contributed by atoms with Crippen molar-refractivity contribution < 1.29 is 15.0 Å². The Balaban J connectivity index is 1.54. The minimum atomic E-state index is -0.378. The van der Waals surface area contributed by atoms with Crippen LogP contribution >= 0.6 is 0 Å². The van der Waals surface area contributed by atoms with Crippen molar-refractivity contribution in [3.05, 3.63) is 29.3 Å². The first kappa shape index (κ1) is 18.8. The summed E-state index contributed by atoms with van der Waals surface area (Å²) in [5.74, 6) is 2.13. The summed E-state index contributed by atoms with van der Waals surface area (Å²) in [7, 11) is 0.